The van der Waals surface area contributed by atoms with Crippen LogP contribution in [0.3, 0.4) is 0 Å². The lowest BCUT2D eigenvalue weighted by Crippen LogP contribution is -2.32. The molecule has 0 bridgehead atoms. The first-order chi connectivity index (χ1) is 14.7. The monoisotopic (exact) mass is 407 g/mol. The summed E-state index contributed by atoms with van der Waals surface area (Å²) in [4.78, 5) is 27.6. The molecule has 0 aromatic heterocycles. The number of benzene rings is 2. The quantitative estimate of drug-likeness (QED) is 0.682. The second kappa shape index (κ2) is 9.43. The van der Waals surface area contributed by atoms with Crippen molar-refractivity contribution in [2.45, 2.75) is 51.2 Å². The molecule has 2 atom stereocenters. The molecule has 30 heavy (non-hydrogen) atoms. The Morgan fingerprint density at radius 3 is 2.77 bits per heavy atom. The second-order valence-electron chi connectivity index (χ2n) is 8.10. The molecule has 5 heteroatoms. The molecule has 1 fully saturated rings. The minimum absolute atomic E-state index is 0.0316. The lowest BCUT2D eigenvalue weighted by Gasteiger charge is -2.26. The molecule has 0 spiro atoms. The third-order valence-corrected chi connectivity index (χ3v) is 5.92. The van der Waals surface area contributed by atoms with Crippen LogP contribution in [0.5, 0.6) is 0 Å². The van der Waals surface area contributed by atoms with Crippen molar-refractivity contribution in [1.82, 2.24) is 4.90 Å². The first-order valence-corrected chi connectivity index (χ1v) is 11.0. The van der Waals surface area contributed by atoms with Crippen molar-refractivity contribution in [3.8, 4) is 0 Å². The van der Waals surface area contributed by atoms with Crippen molar-refractivity contribution in [2.75, 3.05) is 19.7 Å². The highest BCUT2D eigenvalue weighted by Crippen LogP contribution is 2.31. The number of hydrogen-bond donors (Lipinski definition) is 0. The highest BCUT2D eigenvalue weighted by molar-refractivity contribution is 5.97. The van der Waals surface area contributed by atoms with E-state index in [-0.39, 0.29) is 24.1 Å². The van der Waals surface area contributed by atoms with Gasteiger partial charge in [0.05, 0.1) is 11.7 Å². The molecule has 0 radical (unpaired) electrons. The lowest BCUT2D eigenvalue weighted by atomic mass is 9.93. The van der Waals surface area contributed by atoms with E-state index in [1.165, 1.54) is 0 Å². The zero-order chi connectivity index (χ0) is 20.9. The third kappa shape index (κ3) is 4.57. The number of carbonyl (C=O) groups is 2. The van der Waals surface area contributed by atoms with Gasteiger partial charge in [0.2, 0.25) is 0 Å². The van der Waals surface area contributed by atoms with Gasteiger partial charge < -0.3 is 14.4 Å². The van der Waals surface area contributed by atoms with Crippen molar-refractivity contribution in [2.24, 2.45) is 0 Å². The lowest BCUT2D eigenvalue weighted by molar-refractivity contribution is 0.0252. The van der Waals surface area contributed by atoms with E-state index in [0.29, 0.717) is 24.1 Å². The van der Waals surface area contributed by atoms with Crippen molar-refractivity contribution < 1.29 is 19.1 Å². The molecular weight excluding hydrogens is 378 g/mol. The fourth-order valence-corrected chi connectivity index (χ4v) is 4.29. The summed E-state index contributed by atoms with van der Waals surface area (Å²) in [6.45, 7) is 4.35. The van der Waals surface area contributed by atoms with E-state index in [4.69, 9.17) is 9.47 Å². The molecule has 158 valence electrons. The van der Waals surface area contributed by atoms with Crippen LogP contribution in [0.25, 0.3) is 0 Å². The summed E-state index contributed by atoms with van der Waals surface area (Å²) >= 11 is 0. The molecule has 2 aliphatic rings. The molecule has 2 aromatic rings. The number of amides is 1. The van der Waals surface area contributed by atoms with E-state index in [0.717, 1.165) is 50.0 Å². The average molecular weight is 408 g/mol. The number of carbonyl (C=O) groups excluding carboxylic acids is 2. The number of esters is 1. The third-order valence-electron chi connectivity index (χ3n) is 5.92. The van der Waals surface area contributed by atoms with Crippen LogP contribution in [-0.4, -0.2) is 42.6 Å². The van der Waals surface area contributed by atoms with Gasteiger partial charge in [-0.15, -0.1) is 0 Å². The number of likely N-dealkylation sites (tertiary alicyclic amines) is 1. The maximum Gasteiger partial charge on any atom is 0.339 e. The predicted octanol–water partition coefficient (Wildman–Crippen LogP) is 4.56. The van der Waals surface area contributed by atoms with E-state index >= 15 is 0 Å². The summed E-state index contributed by atoms with van der Waals surface area (Å²) in [5, 5.41) is 0. The van der Waals surface area contributed by atoms with Gasteiger partial charge in [-0.2, -0.15) is 0 Å². The standard InChI is InChI=1S/C25H29NO4/c1-2-15-29-21-9-6-13-26(14-12-21)24(27)19-10-11-22-20(16-19)17-23(30-25(22)28)18-7-4-3-5-8-18/h3-5,7-8,10-11,16,21,23H,2,6,9,12-15,17H2,1H3/t21-,23+/m1/s1. The molecule has 2 heterocycles. The largest absolute Gasteiger partial charge is 0.454 e. The maximum absolute atomic E-state index is 13.2. The normalized spacial score (nSPS) is 21.5. The van der Waals surface area contributed by atoms with Crippen LogP contribution < -0.4 is 0 Å². The molecule has 2 aliphatic heterocycles. The predicted molar refractivity (Wildman–Crippen MR) is 115 cm³/mol. The Hall–Kier alpha value is -2.66. The summed E-state index contributed by atoms with van der Waals surface area (Å²) < 4.78 is 11.5. The Balaban J connectivity index is 1.48. The van der Waals surface area contributed by atoms with Gasteiger partial charge in [0, 0.05) is 31.7 Å². The highest BCUT2D eigenvalue weighted by Gasteiger charge is 2.29. The van der Waals surface area contributed by atoms with Crippen molar-refractivity contribution in [3.63, 3.8) is 0 Å². The maximum atomic E-state index is 13.2. The van der Waals surface area contributed by atoms with Gasteiger partial charge in [0.1, 0.15) is 6.10 Å². The van der Waals surface area contributed by atoms with Crippen LogP contribution in [0, 0.1) is 0 Å². The van der Waals surface area contributed by atoms with Crippen LogP contribution in [0.2, 0.25) is 0 Å². The number of fused-ring (bicyclic) bond motifs is 1. The number of hydrogen-bond acceptors (Lipinski definition) is 4. The highest BCUT2D eigenvalue weighted by atomic mass is 16.5. The van der Waals surface area contributed by atoms with Crippen LogP contribution in [-0.2, 0) is 15.9 Å². The summed E-state index contributed by atoms with van der Waals surface area (Å²) in [6, 6.07) is 15.1. The van der Waals surface area contributed by atoms with Gasteiger partial charge in [-0.25, -0.2) is 4.79 Å². The number of cyclic esters (lactones) is 1. The summed E-state index contributed by atoms with van der Waals surface area (Å²) in [6.07, 6.45) is 4.35. The molecular formula is C25H29NO4. The van der Waals surface area contributed by atoms with E-state index in [9.17, 15) is 9.59 Å². The first-order valence-electron chi connectivity index (χ1n) is 11.0. The van der Waals surface area contributed by atoms with Crippen molar-refractivity contribution in [3.05, 3.63) is 70.8 Å². The number of ether oxygens (including phenoxy) is 2. The van der Waals surface area contributed by atoms with Crippen molar-refractivity contribution >= 4 is 11.9 Å². The van der Waals surface area contributed by atoms with Crippen LogP contribution in [0.1, 0.15) is 70.6 Å². The Morgan fingerprint density at radius 1 is 1.13 bits per heavy atom. The Kier molecular flexibility index (Phi) is 6.48. The topological polar surface area (TPSA) is 55.8 Å². The van der Waals surface area contributed by atoms with E-state index in [1.807, 2.05) is 41.3 Å². The van der Waals surface area contributed by atoms with Crippen LogP contribution >= 0.6 is 0 Å². The second-order valence-corrected chi connectivity index (χ2v) is 8.10. The van der Waals surface area contributed by atoms with Crippen LogP contribution in [0.15, 0.2) is 48.5 Å². The van der Waals surface area contributed by atoms with Crippen LogP contribution in [0.4, 0.5) is 0 Å². The van der Waals surface area contributed by atoms with Gasteiger partial charge >= 0.3 is 5.97 Å². The van der Waals surface area contributed by atoms with E-state index < -0.39 is 0 Å². The summed E-state index contributed by atoms with van der Waals surface area (Å²) in [7, 11) is 0. The molecule has 5 nitrogen and oxygen atoms in total. The average Bonchev–Trinajstić information content (AvgIpc) is 3.03. The number of rotatable bonds is 5. The summed E-state index contributed by atoms with van der Waals surface area (Å²) in [5.74, 6) is -0.293. The molecule has 0 N–H and O–H groups in total. The Morgan fingerprint density at radius 2 is 1.97 bits per heavy atom. The fraction of sp³-hybridized carbons (Fsp3) is 0.440. The molecule has 2 aromatic carbocycles. The minimum atomic E-state index is -0.324. The van der Waals surface area contributed by atoms with Gasteiger partial charge in [0.25, 0.3) is 5.91 Å². The first kappa shape index (κ1) is 20.6. The smallest absolute Gasteiger partial charge is 0.339 e. The molecule has 1 saturated heterocycles. The van der Waals surface area contributed by atoms with Gasteiger partial charge in [-0.3, -0.25) is 4.79 Å². The number of nitrogens with zero attached hydrogens (tertiary/aromatic N) is 1. The molecule has 1 amide bonds. The molecule has 4 rings (SSSR count). The van der Waals surface area contributed by atoms with Crippen molar-refractivity contribution in [1.29, 1.82) is 0 Å². The minimum Gasteiger partial charge on any atom is -0.454 e. The molecule has 0 aliphatic carbocycles. The van der Waals surface area contributed by atoms with Gasteiger partial charge in [-0.05, 0) is 55.0 Å². The SMILES string of the molecule is CCCO[C@@H]1CCCN(C(=O)c2ccc3c(c2)C[C@@H](c2ccccc2)OC3=O)CC1. The van der Waals surface area contributed by atoms with E-state index in [1.54, 1.807) is 12.1 Å². The zero-order valence-corrected chi connectivity index (χ0v) is 17.5. The zero-order valence-electron chi connectivity index (χ0n) is 17.5. The van der Waals surface area contributed by atoms with E-state index in [2.05, 4.69) is 6.92 Å². The fourth-order valence-electron chi connectivity index (χ4n) is 4.29. The Labute approximate surface area is 178 Å². The molecule has 0 unspecified atom stereocenters. The summed E-state index contributed by atoms with van der Waals surface area (Å²) in [5.41, 5.74) is 3.05. The van der Waals surface area contributed by atoms with Gasteiger partial charge in [-0.1, -0.05) is 37.3 Å². The van der Waals surface area contributed by atoms with Gasteiger partial charge in [0.15, 0.2) is 0 Å². The Bertz CT molecular complexity index is 895. The molecule has 0 saturated carbocycles.